The number of nitrogens with zero attached hydrogens (tertiary/aromatic N) is 3. The minimum absolute atomic E-state index is 0.0101. The standard InChI is InChI=1S/C13H13FN4O2S/c1-17-6-5-9(16-17)7-18-8-12(21(15,19)20)13-10(14)3-2-4-11(13)18/h2-6,8H,7H2,1H3,(H2,15,19,20). The van der Waals surface area contributed by atoms with Crippen LogP contribution in [-0.2, 0) is 23.6 Å². The molecule has 3 aromatic rings. The van der Waals surface area contributed by atoms with Gasteiger partial charge < -0.3 is 4.57 Å². The fourth-order valence-corrected chi connectivity index (χ4v) is 3.10. The number of aryl methyl sites for hydroxylation is 1. The fraction of sp³-hybridized carbons (Fsp3) is 0.154. The van der Waals surface area contributed by atoms with E-state index >= 15 is 0 Å². The molecule has 0 amide bonds. The van der Waals surface area contributed by atoms with Crippen LogP contribution >= 0.6 is 0 Å². The molecule has 0 atom stereocenters. The van der Waals surface area contributed by atoms with E-state index in [4.69, 9.17) is 5.14 Å². The van der Waals surface area contributed by atoms with Crippen LogP contribution in [0.1, 0.15) is 5.69 Å². The van der Waals surface area contributed by atoms with Gasteiger partial charge >= 0.3 is 0 Å². The number of nitrogens with two attached hydrogens (primary N) is 1. The van der Waals surface area contributed by atoms with Crippen molar-refractivity contribution in [1.82, 2.24) is 14.3 Å². The zero-order valence-corrected chi connectivity index (χ0v) is 12.0. The highest BCUT2D eigenvalue weighted by Crippen LogP contribution is 2.27. The molecular formula is C13H13FN4O2S. The second kappa shape index (κ2) is 4.68. The fourth-order valence-electron chi connectivity index (χ4n) is 2.34. The van der Waals surface area contributed by atoms with Gasteiger partial charge in [-0.25, -0.2) is 17.9 Å². The summed E-state index contributed by atoms with van der Waals surface area (Å²) in [6.45, 7) is 0.330. The largest absolute Gasteiger partial charge is 0.340 e. The molecule has 2 aromatic heterocycles. The summed E-state index contributed by atoms with van der Waals surface area (Å²) < 4.78 is 40.5. The lowest BCUT2D eigenvalue weighted by molar-refractivity contribution is 0.596. The maximum absolute atomic E-state index is 14.0. The zero-order chi connectivity index (χ0) is 15.2. The molecular weight excluding hydrogens is 295 g/mol. The van der Waals surface area contributed by atoms with E-state index in [1.807, 2.05) is 6.07 Å². The molecule has 0 spiro atoms. The maximum Gasteiger partial charge on any atom is 0.240 e. The third-order valence-electron chi connectivity index (χ3n) is 3.23. The van der Waals surface area contributed by atoms with Crippen molar-refractivity contribution in [2.24, 2.45) is 12.2 Å². The first kappa shape index (κ1) is 13.8. The van der Waals surface area contributed by atoms with Gasteiger partial charge in [0.2, 0.25) is 10.0 Å². The van der Waals surface area contributed by atoms with Crippen LogP contribution in [0.25, 0.3) is 10.9 Å². The molecule has 0 unspecified atom stereocenters. The molecule has 110 valence electrons. The summed E-state index contributed by atoms with van der Waals surface area (Å²) in [4.78, 5) is -0.216. The second-order valence-electron chi connectivity index (χ2n) is 4.78. The quantitative estimate of drug-likeness (QED) is 0.789. The van der Waals surface area contributed by atoms with Gasteiger partial charge in [0.1, 0.15) is 10.7 Å². The van der Waals surface area contributed by atoms with Crippen molar-refractivity contribution in [2.75, 3.05) is 0 Å². The Kier molecular flexibility index (Phi) is 3.07. The Balaban J connectivity index is 2.22. The SMILES string of the molecule is Cn1ccc(Cn2cc(S(N)(=O)=O)c3c(F)cccc32)n1. The second-order valence-corrected chi connectivity index (χ2v) is 6.31. The van der Waals surface area contributed by atoms with Crippen molar-refractivity contribution in [2.45, 2.75) is 11.4 Å². The predicted molar refractivity (Wildman–Crippen MR) is 75.6 cm³/mol. The number of hydrogen-bond donors (Lipinski definition) is 1. The lowest BCUT2D eigenvalue weighted by Gasteiger charge is -2.02. The predicted octanol–water partition coefficient (Wildman–Crippen LogP) is 1.21. The Labute approximate surface area is 120 Å². The van der Waals surface area contributed by atoms with Crippen LogP contribution in [0.2, 0.25) is 0 Å². The van der Waals surface area contributed by atoms with Crippen LogP contribution < -0.4 is 5.14 Å². The van der Waals surface area contributed by atoms with E-state index in [9.17, 15) is 12.8 Å². The van der Waals surface area contributed by atoms with Gasteiger partial charge in [-0.1, -0.05) is 6.07 Å². The van der Waals surface area contributed by atoms with Gasteiger partial charge in [0, 0.05) is 19.4 Å². The average molecular weight is 308 g/mol. The van der Waals surface area contributed by atoms with Crippen LogP contribution in [0.3, 0.4) is 0 Å². The van der Waals surface area contributed by atoms with Crippen LogP contribution in [0, 0.1) is 5.82 Å². The van der Waals surface area contributed by atoms with Crippen molar-refractivity contribution >= 4 is 20.9 Å². The highest BCUT2D eigenvalue weighted by molar-refractivity contribution is 7.89. The summed E-state index contributed by atoms with van der Waals surface area (Å²) >= 11 is 0. The molecule has 1 aromatic carbocycles. The van der Waals surface area contributed by atoms with Gasteiger partial charge in [0.15, 0.2) is 0 Å². The number of benzene rings is 1. The van der Waals surface area contributed by atoms with E-state index in [0.717, 1.165) is 5.69 Å². The van der Waals surface area contributed by atoms with E-state index < -0.39 is 15.8 Å². The number of aromatic nitrogens is 3. The summed E-state index contributed by atoms with van der Waals surface area (Å²) in [5, 5.41) is 9.41. The van der Waals surface area contributed by atoms with Gasteiger partial charge in [0.05, 0.1) is 23.1 Å². The Morgan fingerprint density at radius 2 is 2.10 bits per heavy atom. The lowest BCUT2D eigenvalue weighted by Crippen LogP contribution is -2.12. The van der Waals surface area contributed by atoms with Crippen molar-refractivity contribution in [3.63, 3.8) is 0 Å². The summed E-state index contributed by atoms with van der Waals surface area (Å²) in [6, 6.07) is 6.19. The lowest BCUT2D eigenvalue weighted by atomic mass is 10.2. The molecule has 2 heterocycles. The Morgan fingerprint density at radius 1 is 1.33 bits per heavy atom. The van der Waals surface area contributed by atoms with Crippen molar-refractivity contribution in [1.29, 1.82) is 0 Å². The van der Waals surface area contributed by atoms with Gasteiger partial charge in [-0.05, 0) is 18.2 Å². The molecule has 2 N–H and O–H groups in total. The normalized spacial score (nSPS) is 12.1. The van der Waals surface area contributed by atoms with Crippen molar-refractivity contribution < 1.29 is 12.8 Å². The smallest absolute Gasteiger partial charge is 0.240 e. The summed E-state index contributed by atoms with van der Waals surface area (Å²) in [7, 11) is -2.22. The number of halogens is 1. The molecule has 0 aliphatic carbocycles. The van der Waals surface area contributed by atoms with E-state index in [2.05, 4.69) is 5.10 Å². The van der Waals surface area contributed by atoms with Gasteiger partial charge in [-0.3, -0.25) is 4.68 Å². The molecule has 0 aliphatic heterocycles. The molecule has 6 nitrogen and oxygen atoms in total. The number of primary sulfonamides is 1. The molecule has 0 bridgehead atoms. The average Bonchev–Trinajstić information content (AvgIpc) is 2.95. The number of rotatable bonds is 3. The van der Waals surface area contributed by atoms with Crippen molar-refractivity contribution in [3.05, 3.63) is 48.2 Å². The Bertz CT molecular complexity index is 927. The molecule has 0 saturated carbocycles. The minimum Gasteiger partial charge on any atom is -0.340 e. The molecule has 0 saturated heterocycles. The van der Waals surface area contributed by atoms with Gasteiger partial charge in [-0.2, -0.15) is 5.10 Å². The van der Waals surface area contributed by atoms with E-state index in [1.54, 1.807) is 28.6 Å². The molecule has 0 fully saturated rings. The first-order valence-corrected chi connectivity index (χ1v) is 7.69. The summed E-state index contributed by atoms with van der Waals surface area (Å²) in [6.07, 6.45) is 3.12. The van der Waals surface area contributed by atoms with Crippen LogP contribution in [0.4, 0.5) is 4.39 Å². The molecule has 8 heteroatoms. The van der Waals surface area contributed by atoms with Crippen LogP contribution in [0.5, 0.6) is 0 Å². The van der Waals surface area contributed by atoms with E-state index in [1.165, 1.54) is 18.3 Å². The summed E-state index contributed by atoms with van der Waals surface area (Å²) in [5.41, 5.74) is 1.20. The molecule has 3 rings (SSSR count). The first-order valence-electron chi connectivity index (χ1n) is 6.15. The maximum atomic E-state index is 14.0. The van der Waals surface area contributed by atoms with Crippen molar-refractivity contribution in [3.8, 4) is 0 Å². The number of sulfonamides is 1. The third-order valence-corrected chi connectivity index (χ3v) is 4.15. The molecule has 0 radical (unpaired) electrons. The van der Waals surface area contributed by atoms with E-state index in [-0.39, 0.29) is 10.3 Å². The van der Waals surface area contributed by atoms with Crippen LogP contribution in [-0.4, -0.2) is 22.8 Å². The first-order chi connectivity index (χ1) is 9.86. The Morgan fingerprint density at radius 3 is 2.71 bits per heavy atom. The highest BCUT2D eigenvalue weighted by atomic mass is 32.2. The van der Waals surface area contributed by atoms with E-state index in [0.29, 0.717) is 12.1 Å². The highest BCUT2D eigenvalue weighted by Gasteiger charge is 2.20. The molecule has 0 aliphatic rings. The monoisotopic (exact) mass is 308 g/mol. The summed E-state index contributed by atoms with van der Waals surface area (Å²) in [5.74, 6) is -0.615. The third kappa shape index (κ3) is 2.43. The number of fused-ring (bicyclic) bond motifs is 1. The van der Waals surface area contributed by atoms with Crippen LogP contribution in [0.15, 0.2) is 41.6 Å². The topological polar surface area (TPSA) is 82.9 Å². The Hall–Kier alpha value is -2.19. The zero-order valence-electron chi connectivity index (χ0n) is 11.2. The van der Waals surface area contributed by atoms with Gasteiger partial charge in [-0.15, -0.1) is 0 Å². The number of hydrogen-bond acceptors (Lipinski definition) is 3. The van der Waals surface area contributed by atoms with Gasteiger partial charge in [0.25, 0.3) is 0 Å². The molecule has 21 heavy (non-hydrogen) atoms. The minimum atomic E-state index is -4.00.